The number of nitrogens with zero attached hydrogens (tertiary/aromatic N) is 1. The molecule has 0 spiro atoms. The Kier molecular flexibility index (Phi) is 3.54. The molecule has 0 bridgehead atoms. The van der Waals surface area contributed by atoms with Crippen LogP contribution in [0.15, 0.2) is 42.6 Å². The van der Waals surface area contributed by atoms with Crippen LogP contribution in [0, 0.1) is 6.92 Å². The molecule has 92 valence electrons. The van der Waals surface area contributed by atoms with Gasteiger partial charge in [0.05, 0.1) is 11.9 Å². The molecule has 1 aromatic carbocycles. The Labute approximate surface area is 105 Å². The van der Waals surface area contributed by atoms with Gasteiger partial charge in [0.2, 0.25) is 0 Å². The summed E-state index contributed by atoms with van der Waals surface area (Å²) < 4.78 is 0. The number of nitrogen functional groups attached to an aromatic ring is 1. The molecular formula is C13H14N4O. The van der Waals surface area contributed by atoms with Crippen molar-refractivity contribution in [1.82, 2.24) is 4.98 Å². The van der Waals surface area contributed by atoms with Crippen LogP contribution >= 0.6 is 0 Å². The van der Waals surface area contributed by atoms with E-state index >= 15 is 0 Å². The second-order valence-corrected chi connectivity index (χ2v) is 3.86. The fraction of sp³-hybridized carbons (Fsp3) is 0.0769. The van der Waals surface area contributed by atoms with E-state index in [2.05, 4.69) is 15.7 Å². The van der Waals surface area contributed by atoms with Crippen molar-refractivity contribution in [1.29, 1.82) is 0 Å². The molecule has 0 aliphatic rings. The number of hydrogen-bond donors (Lipinski definition) is 3. The summed E-state index contributed by atoms with van der Waals surface area (Å²) in [6.45, 7) is 1.89. The summed E-state index contributed by atoms with van der Waals surface area (Å²) in [6.07, 6.45) is 1.63. The van der Waals surface area contributed by atoms with E-state index < -0.39 is 0 Å². The van der Waals surface area contributed by atoms with E-state index in [1.807, 2.05) is 19.1 Å². The number of amides is 1. The molecule has 1 amide bonds. The molecular weight excluding hydrogens is 228 g/mol. The maximum atomic E-state index is 11.9. The minimum absolute atomic E-state index is 0.177. The van der Waals surface area contributed by atoms with Gasteiger partial charge >= 0.3 is 0 Å². The van der Waals surface area contributed by atoms with Gasteiger partial charge in [-0.15, -0.1) is 0 Å². The SMILES string of the molecule is Cc1ccc(NC(=O)c2ccc(NN)cc2)cn1. The van der Waals surface area contributed by atoms with Crippen LogP contribution in [-0.2, 0) is 0 Å². The van der Waals surface area contributed by atoms with Crippen LogP contribution in [-0.4, -0.2) is 10.9 Å². The third kappa shape index (κ3) is 2.83. The molecule has 5 nitrogen and oxygen atoms in total. The van der Waals surface area contributed by atoms with Crippen molar-refractivity contribution in [3.05, 3.63) is 53.9 Å². The van der Waals surface area contributed by atoms with E-state index in [0.29, 0.717) is 11.3 Å². The van der Waals surface area contributed by atoms with E-state index in [-0.39, 0.29) is 5.91 Å². The maximum Gasteiger partial charge on any atom is 0.255 e. The molecule has 0 saturated carbocycles. The molecule has 2 aromatic rings. The largest absolute Gasteiger partial charge is 0.324 e. The highest BCUT2D eigenvalue weighted by molar-refractivity contribution is 6.04. The number of aromatic nitrogens is 1. The molecule has 0 aliphatic carbocycles. The first kappa shape index (κ1) is 12.1. The van der Waals surface area contributed by atoms with E-state index in [1.54, 1.807) is 30.5 Å². The molecule has 0 saturated heterocycles. The van der Waals surface area contributed by atoms with Gasteiger partial charge in [-0.3, -0.25) is 15.6 Å². The van der Waals surface area contributed by atoms with Crippen molar-refractivity contribution in [2.75, 3.05) is 10.7 Å². The van der Waals surface area contributed by atoms with Gasteiger partial charge in [-0.25, -0.2) is 0 Å². The van der Waals surface area contributed by atoms with Crippen LogP contribution in [0.1, 0.15) is 16.1 Å². The Bertz CT molecular complexity index is 534. The fourth-order valence-electron chi connectivity index (χ4n) is 1.46. The Morgan fingerprint density at radius 2 is 1.78 bits per heavy atom. The second-order valence-electron chi connectivity index (χ2n) is 3.86. The van der Waals surface area contributed by atoms with Crippen LogP contribution in [0.2, 0.25) is 0 Å². The van der Waals surface area contributed by atoms with Crippen molar-refractivity contribution < 1.29 is 4.79 Å². The Morgan fingerprint density at radius 1 is 1.11 bits per heavy atom. The number of rotatable bonds is 3. The van der Waals surface area contributed by atoms with Crippen LogP contribution in [0.3, 0.4) is 0 Å². The second kappa shape index (κ2) is 5.29. The summed E-state index contributed by atoms with van der Waals surface area (Å²) >= 11 is 0. The molecule has 18 heavy (non-hydrogen) atoms. The standard InChI is InChI=1S/C13H14N4O/c1-9-2-5-12(8-15-9)16-13(18)10-3-6-11(17-14)7-4-10/h2-8,17H,14H2,1H3,(H,16,18). The summed E-state index contributed by atoms with van der Waals surface area (Å²) in [7, 11) is 0. The smallest absolute Gasteiger partial charge is 0.255 e. The molecule has 5 heteroatoms. The average molecular weight is 242 g/mol. The van der Waals surface area contributed by atoms with Gasteiger partial charge in [0.15, 0.2) is 0 Å². The lowest BCUT2D eigenvalue weighted by atomic mass is 10.2. The monoisotopic (exact) mass is 242 g/mol. The number of nitrogens with two attached hydrogens (primary N) is 1. The van der Waals surface area contributed by atoms with E-state index in [9.17, 15) is 4.79 Å². The molecule has 0 unspecified atom stereocenters. The van der Waals surface area contributed by atoms with E-state index in [0.717, 1.165) is 11.4 Å². The first-order chi connectivity index (χ1) is 8.69. The van der Waals surface area contributed by atoms with Gasteiger partial charge < -0.3 is 10.7 Å². The summed E-state index contributed by atoms with van der Waals surface area (Å²) in [4.78, 5) is 16.0. The molecule has 0 aliphatic heterocycles. The molecule has 0 atom stereocenters. The highest BCUT2D eigenvalue weighted by Gasteiger charge is 2.05. The Hall–Kier alpha value is -2.40. The topological polar surface area (TPSA) is 80.0 Å². The van der Waals surface area contributed by atoms with Crippen molar-refractivity contribution in [3.63, 3.8) is 0 Å². The number of aryl methyl sites for hydroxylation is 1. The van der Waals surface area contributed by atoms with Crippen LogP contribution < -0.4 is 16.6 Å². The van der Waals surface area contributed by atoms with Crippen molar-refractivity contribution in [2.45, 2.75) is 6.92 Å². The van der Waals surface area contributed by atoms with Gasteiger partial charge in [-0.1, -0.05) is 0 Å². The highest BCUT2D eigenvalue weighted by atomic mass is 16.1. The van der Waals surface area contributed by atoms with Crippen molar-refractivity contribution in [2.24, 2.45) is 5.84 Å². The lowest BCUT2D eigenvalue weighted by Gasteiger charge is -2.06. The van der Waals surface area contributed by atoms with Gasteiger partial charge in [0.1, 0.15) is 0 Å². The van der Waals surface area contributed by atoms with E-state index in [1.165, 1.54) is 0 Å². The van der Waals surface area contributed by atoms with E-state index in [4.69, 9.17) is 5.84 Å². The number of benzene rings is 1. The predicted molar refractivity (Wildman–Crippen MR) is 71.2 cm³/mol. The lowest BCUT2D eigenvalue weighted by Crippen LogP contribution is -2.12. The zero-order valence-corrected chi connectivity index (χ0v) is 9.97. The highest BCUT2D eigenvalue weighted by Crippen LogP contribution is 2.11. The van der Waals surface area contributed by atoms with Crippen LogP contribution in [0.4, 0.5) is 11.4 Å². The minimum Gasteiger partial charge on any atom is -0.324 e. The third-order valence-electron chi connectivity index (χ3n) is 2.48. The minimum atomic E-state index is -0.177. The molecule has 1 aromatic heterocycles. The van der Waals surface area contributed by atoms with Crippen molar-refractivity contribution >= 4 is 17.3 Å². The number of carbonyl (C=O) groups is 1. The molecule has 4 N–H and O–H groups in total. The number of hydrogen-bond acceptors (Lipinski definition) is 4. The summed E-state index contributed by atoms with van der Waals surface area (Å²) in [5.41, 5.74) is 5.41. The average Bonchev–Trinajstić information content (AvgIpc) is 2.41. The van der Waals surface area contributed by atoms with Gasteiger partial charge in [-0.2, -0.15) is 0 Å². The number of hydrazine groups is 1. The van der Waals surface area contributed by atoms with Crippen molar-refractivity contribution in [3.8, 4) is 0 Å². The first-order valence-corrected chi connectivity index (χ1v) is 5.50. The number of pyridine rings is 1. The van der Waals surface area contributed by atoms with Gasteiger partial charge in [0.25, 0.3) is 5.91 Å². The Morgan fingerprint density at radius 3 is 2.33 bits per heavy atom. The molecule has 1 heterocycles. The molecule has 2 rings (SSSR count). The number of anilines is 2. The normalized spacial score (nSPS) is 9.89. The summed E-state index contributed by atoms with van der Waals surface area (Å²) in [5, 5.41) is 2.77. The molecule has 0 fully saturated rings. The summed E-state index contributed by atoms with van der Waals surface area (Å²) in [5.74, 6) is 5.08. The van der Waals surface area contributed by atoms with Gasteiger partial charge in [-0.05, 0) is 43.3 Å². The third-order valence-corrected chi connectivity index (χ3v) is 2.48. The quantitative estimate of drug-likeness (QED) is 0.567. The van der Waals surface area contributed by atoms with Crippen LogP contribution in [0.5, 0.6) is 0 Å². The van der Waals surface area contributed by atoms with Crippen LogP contribution in [0.25, 0.3) is 0 Å². The predicted octanol–water partition coefficient (Wildman–Crippen LogP) is 1.93. The molecule has 0 radical (unpaired) electrons. The lowest BCUT2D eigenvalue weighted by molar-refractivity contribution is 0.102. The first-order valence-electron chi connectivity index (χ1n) is 5.50. The summed E-state index contributed by atoms with van der Waals surface area (Å²) in [6, 6.07) is 10.5. The number of carbonyl (C=O) groups excluding carboxylic acids is 1. The number of nitrogens with one attached hydrogen (secondary N) is 2. The van der Waals surface area contributed by atoms with Gasteiger partial charge in [0, 0.05) is 16.9 Å². The zero-order valence-electron chi connectivity index (χ0n) is 9.97. The fourth-order valence-corrected chi connectivity index (χ4v) is 1.46. The Balaban J connectivity index is 2.09. The maximum absolute atomic E-state index is 11.9. The zero-order chi connectivity index (χ0) is 13.0.